The van der Waals surface area contributed by atoms with Gasteiger partial charge in [0.05, 0.1) is 23.1 Å². The number of carbonyl (C=O) groups excluding carboxylic acids is 1. The molecule has 0 aliphatic heterocycles. The van der Waals surface area contributed by atoms with Crippen LogP contribution >= 0.6 is 0 Å². The summed E-state index contributed by atoms with van der Waals surface area (Å²) in [5.41, 5.74) is 4.73. The number of hydrogen-bond donors (Lipinski definition) is 1. The molecule has 6 aromatic rings. The second kappa shape index (κ2) is 10.0. The lowest BCUT2D eigenvalue weighted by molar-refractivity contribution is 0.0600. The number of anilines is 1. The van der Waals surface area contributed by atoms with Gasteiger partial charge in [0.1, 0.15) is 17.2 Å². The van der Waals surface area contributed by atoms with Crippen LogP contribution in [0.2, 0.25) is 0 Å². The lowest BCUT2D eigenvalue weighted by Crippen LogP contribution is -2.11. The number of benzene rings is 3. The number of aryl methyl sites for hydroxylation is 1. The van der Waals surface area contributed by atoms with Crippen molar-refractivity contribution in [3.05, 3.63) is 120 Å². The number of para-hydroxylation sites is 1. The van der Waals surface area contributed by atoms with Gasteiger partial charge in [0, 0.05) is 29.9 Å². The highest BCUT2D eigenvalue weighted by Crippen LogP contribution is 2.37. The van der Waals surface area contributed by atoms with Gasteiger partial charge in [-0.25, -0.2) is 22.2 Å². The van der Waals surface area contributed by atoms with Crippen molar-refractivity contribution in [3.8, 4) is 11.3 Å². The molecule has 1 N–H and O–H groups in total. The van der Waals surface area contributed by atoms with E-state index < -0.39 is 16.0 Å². The Hall–Kier alpha value is -4.89. The molecule has 40 heavy (non-hydrogen) atoms. The molecule has 0 radical (unpaired) electrons. The summed E-state index contributed by atoms with van der Waals surface area (Å²) in [4.78, 5) is 17.4. The Morgan fingerprint density at radius 2 is 1.62 bits per heavy atom. The highest BCUT2D eigenvalue weighted by atomic mass is 32.2. The van der Waals surface area contributed by atoms with Gasteiger partial charge in [-0.2, -0.15) is 0 Å². The van der Waals surface area contributed by atoms with Crippen LogP contribution in [0, 0.1) is 6.92 Å². The Morgan fingerprint density at radius 3 is 2.38 bits per heavy atom. The van der Waals surface area contributed by atoms with Crippen molar-refractivity contribution in [2.45, 2.75) is 18.4 Å². The third-order valence-corrected chi connectivity index (χ3v) is 8.54. The molecule has 6 rings (SSSR count). The monoisotopic (exact) mass is 550 g/mol. The smallest absolute Gasteiger partial charge is 0.339 e. The maximum atomic E-state index is 13.8. The number of hydrogen-bond acceptors (Lipinski definition) is 6. The molecule has 0 spiro atoms. The van der Waals surface area contributed by atoms with E-state index in [-0.39, 0.29) is 4.90 Å². The molecule has 0 saturated carbocycles. The summed E-state index contributed by atoms with van der Waals surface area (Å²) in [6, 6.07) is 27.5. The van der Waals surface area contributed by atoms with Gasteiger partial charge in [-0.1, -0.05) is 66.2 Å². The molecule has 0 fully saturated rings. The van der Waals surface area contributed by atoms with Crippen molar-refractivity contribution >= 4 is 38.4 Å². The first-order valence-corrected chi connectivity index (χ1v) is 14.1. The van der Waals surface area contributed by atoms with Crippen LogP contribution in [0.25, 0.3) is 27.8 Å². The van der Waals surface area contributed by atoms with Crippen LogP contribution in [0.15, 0.2) is 108 Å². The summed E-state index contributed by atoms with van der Waals surface area (Å²) in [6.07, 6.45) is 3.30. The number of carbonyl (C=O) groups is 1. The topological polar surface area (TPSA) is 94.7 Å². The standard InChI is InChI=1S/C31H26N4O4S/c1-21-12-15-24(16-13-21)40(37,38)35-20-26(25-10-6-7-11-27(25)35)29-30(32-18-22-8-4-3-5-9-22)34-19-23(31(36)39-2)14-17-28(34)33-29/h3-17,19-20,32H,18H2,1-2H3. The Labute approximate surface area is 231 Å². The van der Waals surface area contributed by atoms with E-state index in [0.717, 1.165) is 16.5 Å². The Morgan fingerprint density at radius 1 is 0.900 bits per heavy atom. The van der Waals surface area contributed by atoms with Crippen molar-refractivity contribution in [3.63, 3.8) is 0 Å². The molecule has 0 atom stereocenters. The van der Waals surface area contributed by atoms with E-state index in [1.54, 1.807) is 59.3 Å². The molecule has 8 nitrogen and oxygen atoms in total. The first-order valence-electron chi connectivity index (χ1n) is 12.7. The predicted octanol–water partition coefficient (Wildman–Crippen LogP) is 5.90. The van der Waals surface area contributed by atoms with Crippen molar-refractivity contribution < 1.29 is 17.9 Å². The lowest BCUT2D eigenvalue weighted by atomic mass is 10.1. The van der Waals surface area contributed by atoms with E-state index >= 15 is 0 Å². The third-order valence-electron chi connectivity index (χ3n) is 6.85. The van der Waals surface area contributed by atoms with Crippen LogP contribution in [0.4, 0.5) is 5.82 Å². The number of pyridine rings is 1. The molecule has 3 aromatic heterocycles. The van der Waals surface area contributed by atoms with Crippen molar-refractivity contribution in [1.82, 2.24) is 13.4 Å². The van der Waals surface area contributed by atoms with Crippen molar-refractivity contribution in [2.75, 3.05) is 12.4 Å². The fourth-order valence-electron chi connectivity index (χ4n) is 4.78. The third kappa shape index (κ3) is 4.40. The quantitative estimate of drug-likeness (QED) is 0.249. The number of methoxy groups -OCH3 is 1. The summed E-state index contributed by atoms with van der Waals surface area (Å²) in [5, 5.41) is 4.21. The average Bonchev–Trinajstić information content (AvgIpc) is 3.55. The number of fused-ring (bicyclic) bond motifs is 2. The van der Waals surface area contributed by atoms with Crippen LogP contribution in [0.3, 0.4) is 0 Å². The van der Waals surface area contributed by atoms with E-state index in [4.69, 9.17) is 9.72 Å². The zero-order valence-electron chi connectivity index (χ0n) is 21.9. The van der Waals surface area contributed by atoms with Gasteiger partial charge in [-0.05, 0) is 42.8 Å². The second-order valence-corrected chi connectivity index (χ2v) is 11.3. The number of nitrogens with zero attached hydrogens (tertiary/aromatic N) is 3. The normalized spacial score (nSPS) is 11.7. The van der Waals surface area contributed by atoms with Crippen molar-refractivity contribution in [2.24, 2.45) is 0 Å². The van der Waals surface area contributed by atoms with Gasteiger partial charge in [0.2, 0.25) is 0 Å². The zero-order chi connectivity index (χ0) is 27.9. The minimum Gasteiger partial charge on any atom is -0.465 e. The van der Waals surface area contributed by atoms with Gasteiger partial charge in [0.15, 0.2) is 0 Å². The summed E-state index contributed by atoms with van der Waals surface area (Å²) < 4.78 is 35.6. The van der Waals surface area contributed by atoms with Crippen LogP contribution in [-0.4, -0.2) is 34.9 Å². The highest BCUT2D eigenvalue weighted by molar-refractivity contribution is 7.90. The Balaban J connectivity index is 1.56. The van der Waals surface area contributed by atoms with Gasteiger partial charge in [-0.3, -0.25) is 4.40 Å². The largest absolute Gasteiger partial charge is 0.465 e. The van der Waals surface area contributed by atoms with Crippen LogP contribution < -0.4 is 5.32 Å². The van der Waals surface area contributed by atoms with E-state index in [1.165, 1.54) is 11.1 Å². The Kier molecular flexibility index (Phi) is 6.36. The molecule has 3 heterocycles. The van der Waals surface area contributed by atoms with E-state index in [2.05, 4.69) is 5.32 Å². The summed E-state index contributed by atoms with van der Waals surface area (Å²) in [5.74, 6) is 0.159. The molecule has 0 aliphatic rings. The SMILES string of the molecule is COC(=O)c1ccc2nc(-c3cn(S(=O)(=O)c4ccc(C)cc4)c4ccccc34)c(NCc3ccccc3)n2c1. The van der Waals surface area contributed by atoms with Crippen LogP contribution in [0.1, 0.15) is 21.5 Å². The zero-order valence-corrected chi connectivity index (χ0v) is 22.7. The second-order valence-electron chi connectivity index (χ2n) is 9.46. The molecule has 200 valence electrons. The molecule has 0 unspecified atom stereocenters. The summed E-state index contributed by atoms with van der Waals surface area (Å²) >= 11 is 0. The molecule has 3 aromatic carbocycles. The average molecular weight is 551 g/mol. The molecular formula is C31H26N4O4S. The number of imidazole rings is 1. The minimum atomic E-state index is -3.89. The molecule has 0 aliphatic carbocycles. The first kappa shape index (κ1) is 25.4. The summed E-state index contributed by atoms with van der Waals surface area (Å²) in [7, 11) is -2.55. The number of esters is 1. The van der Waals surface area contributed by atoms with Gasteiger partial charge < -0.3 is 10.1 Å². The lowest BCUT2D eigenvalue weighted by Gasteiger charge is -2.10. The van der Waals surface area contributed by atoms with Crippen LogP contribution in [0.5, 0.6) is 0 Å². The van der Waals surface area contributed by atoms with E-state index in [0.29, 0.717) is 40.3 Å². The highest BCUT2D eigenvalue weighted by Gasteiger charge is 2.25. The van der Waals surface area contributed by atoms with Gasteiger partial charge >= 0.3 is 5.97 Å². The predicted molar refractivity (Wildman–Crippen MR) is 155 cm³/mol. The molecule has 0 saturated heterocycles. The molecular weight excluding hydrogens is 524 g/mol. The number of nitrogens with one attached hydrogen (secondary N) is 1. The van der Waals surface area contributed by atoms with Gasteiger partial charge in [0.25, 0.3) is 10.0 Å². The fraction of sp³-hybridized carbons (Fsp3) is 0.0968. The molecule has 9 heteroatoms. The summed E-state index contributed by atoms with van der Waals surface area (Å²) in [6.45, 7) is 2.41. The fourth-order valence-corrected chi connectivity index (χ4v) is 6.15. The Bertz CT molecular complexity index is 1980. The minimum absolute atomic E-state index is 0.200. The maximum Gasteiger partial charge on any atom is 0.339 e. The number of ether oxygens (including phenoxy) is 1. The molecule has 0 amide bonds. The number of aromatic nitrogens is 3. The maximum absolute atomic E-state index is 13.8. The molecule has 0 bridgehead atoms. The number of rotatable bonds is 7. The van der Waals surface area contributed by atoms with Crippen molar-refractivity contribution in [1.29, 1.82) is 0 Å². The van der Waals surface area contributed by atoms with E-state index in [1.807, 2.05) is 55.5 Å². The van der Waals surface area contributed by atoms with Gasteiger partial charge in [-0.15, -0.1) is 0 Å². The van der Waals surface area contributed by atoms with E-state index in [9.17, 15) is 13.2 Å². The first-order chi connectivity index (χ1) is 19.4. The van der Waals surface area contributed by atoms with Crippen LogP contribution in [-0.2, 0) is 21.3 Å².